The van der Waals surface area contributed by atoms with E-state index in [1.54, 1.807) is 0 Å². The van der Waals surface area contributed by atoms with Crippen molar-refractivity contribution >= 4 is 17.0 Å². The third kappa shape index (κ3) is 1.74. The summed E-state index contributed by atoms with van der Waals surface area (Å²) in [6.07, 6.45) is 8.72. The largest absolute Gasteiger partial charge is 0.346 e. The van der Waals surface area contributed by atoms with Crippen LogP contribution in [0.15, 0.2) is 36.9 Å². The maximum atomic E-state index is 4.42. The Kier molecular flexibility index (Phi) is 2.24. The van der Waals surface area contributed by atoms with Gasteiger partial charge >= 0.3 is 0 Å². The van der Waals surface area contributed by atoms with Gasteiger partial charge in [0.05, 0.1) is 0 Å². The van der Waals surface area contributed by atoms with E-state index in [1.165, 1.54) is 6.42 Å². The predicted molar refractivity (Wildman–Crippen MR) is 73.9 cm³/mol. The molecular formula is C14H13N5. The first-order chi connectivity index (χ1) is 9.40. The highest BCUT2D eigenvalue weighted by Crippen LogP contribution is 2.22. The minimum absolute atomic E-state index is 0.825. The number of nitrogens with one attached hydrogen (secondary N) is 1. The molecule has 19 heavy (non-hydrogen) atoms. The molecule has 5 heteroatoms. The second kappa shape index (κ2) is 4.05. The van der Waals surface area contributed by atoms with Crippen LogP contribution in [0.2, 0.25) is 0 Å². The van der Waals surface area contributed by atoms with Gasteiger partial charge in [0, 0.05) is 54.4 Å². The van der Waals surface area contributed by atoms with Crippen molar-refractivity contribution in [1.29, 1.82) is 0 Å². The van der Waals surface area contributed by atoms with Crippen molar-refractivity contribution in [3.05, 3.63) is 36.9 Å². The molecule has 0 aliphatic carbocycles. The van der Waals surface area contributed by atoms with E-state index in [4.69, 9.17) is 0 Å². The highest BCUT2D eigenvalue weighted by atomic mass is 15.3. The molecule has 5 nitrogen and oxygen atoms in total. The SMILES string of the molecule is c1cc2cc(-c3cnc(N4CCC4)nc3)cnc2[nH]1. The Hall–Kier alpha value is -2.43. The van der Waals surface area contributed by atoms with Gasteiger partial charge in [0.1, 0.15) is 5.65 Å². The molecule has 3 aromatic heterocycles. The van der Waals surface area contributed by atoms with Gasteiger partial charge < -0.3 is 9.88 Å². The minimum atomic E-state index is 0.825. The summed E-state index contributed by atoms with van der Waals surface area (Å²) < 4.78 is 0. The fraction of sp³-hybridized carbons (Fsp3) is 0.214. The second-order valence-electron chi connectivity index (χ2n) is 4.75. The van der Waals surface area contributed by atoms with Gasteiger partial charge in [-0.05, 0) is 18.6 Å². The van der Waals surface area contributed by atoms with Crippen LogP contribution in [-0.2, 0) is 0 Å². The summed E-state index contributed by atoms with van der Waals surface area (Å²) in [4.78, 5) is 18.5. The van der Waals surface area contributed by atoms with Crippen molar-refractivity contribution in [3.63, 3.8) is 0 Å². The van der Waals surface area contributed by atoms with E-state index < -0.39 is 0 Å². The van der Waals surface area contributed by atoms with E-state index in [-0.39, 0.29) is 0 Å². The summed E-state index contributed by atoms with van der Waals surface area (Å²) in [5, 5.41) is 1.10. The van der Waals surface area contributed by atoms with E-state index in [9.17, 15) is 0 Å². The molecular weight excluding hydrogens is 238 g/mol. The molecule has 0 bridgehead atoms. The molecule has 0 aromatic carbocycles. The molecule has 4 heterocycles. The second-order valence-corrected chi connectivity index (χ2v) is 4.75. The molecule has 3 aromatic rings. The van der Waals surface area contributed by atoms with Crippen LogP contribution in [0.3, 0.4) is 0 Å². The standard InChI is InChI=1S/C14H13N5/c1-4-19(5-1)14-17-8-12(9-18-14)11-6-10-2-3-15-13(10)16-7-11/h2-3,6-9H,1,4-5H2,(H,15,16). The molecule has 94 valence electrons. The zero-order chi connectivity index (χ0) is 12.7. The van der Waals surface area contributed by atoms with Crippen molar-refractivity contribution < 1.29 is 0 Å². The molecule has 1 fully saturated rings. The number of rotatable bonds is 2. The highest BCUT2D eigenvalue weighted by molar-refractivity contribution is 5.80. The number of hydrogen-bond donors (Lipinski definition) is 1. The van der Waals surface area contributed by atoms with Crippen LogP contribution in [0.5, 0.6) is 0 Å². The third-order valence-corrected chi connectivity index (χ3v) is 3.51. The van der Waals surface area contributed by atoms with Gasteiger partial charge in [-0.1, -0.05) is 0 Å². The molecule has 0 unspecified atom stereocenters. The Morgan fingerprint density at radius 3 is 2.53 bits per heavy atom. The third-order valence-electron chi connectivity index (χ3n) is 3.51. The van der Waals surface area contributed by atoms with E-state index in [0.29, 0.717) is 0 Å². The number of anilines is 1. The number of H-pyrrole nitrogens is 1. The molecule has 4 rings (SSSR count). The Morgan fingerprint density at radius 1 is 1.00 bits per heavy atom. The Balaban J connectivity index is 1.70. The van der Waals surface area contributed by atoms with Gasteiger partial charge in [0.2, 0.25) is 5.95 Å². The number of fused-ring (bicyclic) bond motifs is 1. The molecule has 1 saturated heterocycles. The van der Waals surface area contributed by atoms with Crippen LogP contribution in [-0.4, -0.2) is 33.0 Å². The summed E-state index contributed by atoms with van der Waals surface area (Å²) in [5.74, 6) is 0.825. The van der Waals surface area contributed by atoms with Crippen LogP contribution in [0.4, 0.5) is 5.95 Å². The topological polar surface area (TPSA) is 57.7 Å². The molecule has 0 saturated carbocycles. The lowest BCUT2D eigenvalue weighted by molar-refractivity contribution is 0.600. The summed E-state index contributed by atoms with van der Waals surface area (Å²) in [6, 6.07) is 4.11. The Bertz CT molecular complexity index is 712. The molecule has 1 N–H and O–H groups in total. The van der Waals surface area contributed by atoms with Crippen molar-refractivity contribution in [2.24, 2.45) is 0 Å². The Labute approximate surface area is 110 Å². The summed E-state index contributed by atoms with van der Waals surface area (Å²) in [7, 11) is 0. The predicted octanol–water partition coefficient (Wildman–Crippen LogP) is 2.23. The van der Waals surface area contributed by atoms with Crippen LogP contribution in [0, 0.1) is 0 Å². The maximum Gasteiger partial charge on any atom is 0.225 e. The number of aromatic amines is 1. The van der Waals surface area contributed by atoms with Gasteiger partial charge in [-0.2, -0.15) is 0 Å². The molecule has 1 aliphatic heterocycles. The summed E-state index contributed by atoms with van der Waals surface area (Å²) in [6.45, 7) is 2.13. The van der Waals surface area contributed by atoms with E-state index in [0.717, 1.165) is 41.2 Å². The molecule has 0 atom stereocenters. The lowest BCUT2D eigenvalue weighted by Gasteiger charge is -2.30. The quantitative estimate of drug-likeness (QED) is 0.758. The smallest absolute Gasteiger partial charge is 0.225 e. The van der Waals surface area contributed by atoms with E-state index in [1.807, 2.05) is 30.9 Å². The van der Waals surface area contributed by atoms with Gasteiger partial charge in [-0.15, -0.1) is 0 Å². The average Bonchev–Trinajstić information content (AvgIpc) is 2.85. The van der Waals surface area contributed by atoms with Gasteiger partial charge in [0.15, 0.2) is 0 Å². The number of aromatic nitrogens is 4. The summed E-state index contributed by atoms with van der Waals surface area (Å²) in [5.41, 5.74) is 2.95. The van der Waals surface area contributed by atoms with E-state index in [2.05, 4.69) is 30.9 Å². The van der Waals surface area contributed by atoms with Gasteiger partial charge in [-0.3, -0.25) is 0 Å². The summed E-state index contributed by atoms with van der Waals surface area (Å²) >= 11 is 0. The molecule has 1 aliphatic rings. The first-order valence-corrected chi connectivity index (χ1v) is 6.41. The minimum Gasteiger partial charge on any atom is -0.346 e. The fourth-order valence-corrected chi connectivity index (χ4v) is 2.25. The Morgan fingerprint density at radius 2 is 1.79 bits per heavy atom. The molecule has 0 radical (unpaired) electrons. The monoisotopic (exact) mass is 251 g/mol. The number of hydrogen-bond acceptors (Lipinski definition) is 4. The van der Waals surface area contributed by atoms with Crippen LogP contribution in [0.25, 0.3) is 22.2 Å². The van der Waals surface area contributed by atoms with Crippen LogP contribution >= 0.6 is 0 Å². The van der Waals surface area contributed by atoms with Crippen LogP contribution in [0.1, 0.15) is 6.42 Å². The number of nitrogens with zero attached hydrogens (tertiary/aromatic N) is 4. The number of pyridine rings is 1. The highest BCUT2D eigenvalue weighted by Gasteiger charge is 2.16. The zero-order valence-electron chi connectivity index (χ0n) is 10.4. The lowest BCUT2D eigenvalue weighted by Crippen LogP contribution is -2.38. The normalized spacial score (nSPS) is 14.6. The van der Waals surface area contributed by atoms with Crippen molar-refractivity contribution in [2.75, 3.05) is 18.0 Å². The lowest BCUT2D eigenvalue weighted by atomic mass is 10.1. The van der Waals surface area contributed by atoms with Crippen LogP contribution < -0.4 is 4.90 Å². The van der Waals surface area contributed by atoms with Crippen molar-refractivity contribution in [2.45, 2.75) is 6.42 Å². The molecule has 0 amide bonds. The first kappa shape index (κ1) is 10.5. The van der Waals surface area contributed by atoms with Crippen molar-refractivity contribution in [1.82, 2.24) is 19.9 Å². The van der Waals surface area contributed by atoms with E-state index >= 15 is 0 Å². The fourth-order valence-electron chi connectivity index (χ4n) is 2.25. The van der Waals surface area contributed by atoms with Gasteiger partial charge in [-0.25, -0.2) is 15.0 Å². The first-order valence-electron chi connectivity index (χ1n) is 6.41. The molecule has 0 spiro atoms. The maximum absolute atomic E-state index is 4.42. The van der Waals surface area contributed by atoms with Gasteiger partial charge in [0.25, 0.3) is 0 Å². The average molecular weight is 251 g/mol. The zero-order valence-corrected chi connectivity index (χ0v) is 10.4. The van der Waals surface area contributed by atoms with Crippen molar-refractivity contribution in [3.8, 4) is 11.1 Å².